The fourth-order valence-electron chi connectivity index (χ4n) is 2.04. The second kappa shape index (κ2) is 7.76. The van der Waals surface area contributed by atoms with Crippen LogP contribution in [0.25, 0.3) is 0 Å². The highest BCUT2D eigenvalue weighted by atomic mass is 16.5. The average molecular weight is 291 g/mol. The first-order valence-corrected chi connectivity index (χ1v) is 7.74. The van der Waals surface area contributed by atoms with Crippen LogP contribution in [0.15, 0.2) is 18.2 Å². The quantitative estimate of drug-likeness (QED) is 0.483. The largest absolute Gasteiger partial charge is 0.493 e. The summed E-state index contributed by atoms with van der Waals surface area (Å²) in [6, 6.07) is 6.08. The van der Waals surface area contributed by atoms with Gasteiger partial charge in [0.2, 0.25) is 5.91 Å². The first kappa shape index (κ1) is 15.5. The van der Waals surface area contributed by atoms with Gasteiger partial charge in [-0.1, -0.05) is 6.92 Å². The predicted octanol–water partition coefficient (Wildman–Crippen LogP) is 2.53. The Morgan fingerprint density at radius 1 is 1.38 bits per heavy atom. The lowest BCUT2D eigenvalue weighted by atomic mass is 10.2. The molecule has 21 heavy (non-hydrogen) atoms. The topological polar surface area (TPSA) is 76.4 Å². The van der Waals surface area contributed by atoms with E-state index in [1.165, 1.54) is 0 Å². The van der Waals surface area contributed by atoms with Gasteiger partial charge in [-0.05, 0) is 31.7 Å². The molecule has 116 valence electrons. The maximum Gasteiger partial charge on any atom is 0.220 e. The van der Waals surface area contributed by atoms with E-state index < -0.39 is 0 Å². The van der Waals surface area contributed by atoms with E-state index in [4.69, 9.17) is 10.5 Å². The van der Waals surface area contributed by atoms with Crippen LogP contribution in [0, 0.1) is 0 Å². The van der Waals surface area contributed by atoms with Crippen molar-refractivity contribution in [1.29, 1.82) is 0 Å². The number of nitrogens with two attached hydrogens (primary N) is 1. The number of nitrogens with one attached hydrogen (secondary N) is 2. The van der Waals surface area contributed by atoms with Crippen molar-refractivity contribution >= 4 is 17.3 Å². The standard InChI is InChI=1S/C16H25N3O2/c1-2-8-21-15-10-12(17)9-14(11-15)18-7-3-4-16(20)19-13-5-6-13/h9-11,13,18H,2-8,17H2,1H3,(H,19,20). The molecule has 5 nitrogen and oxygen atoms in total. The minimum atomic E-state index is 0.152. The number of ether oxygens (including phenoxy) is 1. The number of hydrogen-bond donors (Lipinski definition) is 3. The normalized spacial score (nSPS) is 13.8. The van der Waals surface area contributed by atoms with Gasteiger partial charge in [-0.15, -0.1) is 0 Å². The van der Waals surface area contributed by atoms with Crippen molar-refractivity contribution in [2.45, 2.75) is 45.1 Å². The lowest BCUT2D eigenvalue weighted by Crippen LogP contribution is -2.25. The summed E-state index contributed by atoms with van der Waals surface area (Å²) in [6.07, 6.45) is 4.60. The Bertz CT molecular complexity index is 473. The minimum absolute atomic E-state index is 0.152. The van der Waals surface area contributed by atoms with Crippen LogP contribution in [0.1, 0.15) is 39.0 Å². The molecule has 0 heterocycles. The van der Waals surface area contributed by atoms with Crippen LogP contribution >= 0.6 is 0 Å². The number of nitrogen functional groups attached to an aromatic ring is 1. The third-order valence-electron chi connectivity index (χ3n) is 3.25. The van der Waals surface area contributed by atoms with Gasteiger partial charge in [0.25, 0.3) is 0 Å². The summed E-state index contributed by atoms with van der Waals surface area (Å²) in [5.41, 5.74) is 7.47. The molecule has 1 amide bonds. The van der Waals surface area contributed by atoms with Crippen LogP contribution in [0.5, 0.6) is 5.75 Å². The highest BCUT2D eigenvalue weighted by Crippen LogP contribution is 2.23. The Labute approximate surface area is 126 Å². The van der Waals surface area contributed by atoms with Crippen molar-refractivity contribution in [2.24, 2.45) is 0 Å². The Morgan fingerprint density at radius 3 is 2.90 bits per heavy atom. The van der Waals surface area contributed by atoms with E-state index in [0.29, 0.717) is 24.8 Å². The molecule has 4 N–H and O–H groups in total. The molecule has 1 aromatic rings. The minimum Gasteiger partial charge on any atom is -0.493 e. The molecule has 0 aromatic heterocycles. The van der Waals surface area contributed by atoms with Gasteiger partial charge in [0.1, 0.15) is 5.75 Å². The molecule has 0 radical (unpaired) electrons. The van der Waals surface area contributed by atoms with Gasteiger partial charge in [-0.25, -0.2) is 0 Å². The maximum atomic E-state index is 11.6. The van der Waals surface area contributed by atoms with Gasteiger partial charge in [-0.2, -0.15) is 0 Å². The van der Waals surface area contributed by atoms with E-state index in [1.807, 2.05) is 18.2 Å². The third-order valence-corrected chi connectivity index (χ3v) is 3.25. The van der Waals surface area contributed by atoms with Crippen LogP contribution in [0.2, 0.25) is 0 Å². The van der Waals surface area contributed by atoms with Crippen molar-refractivity contribution in [2.75, 3.05) is 24.2 Å². The fraction of sp³-hybridized carbons (Fsp3) is 0.562. The fourth-order valence-corrected chi connectivity index (χ4v) is 2.04. The molecule has 0 aliphatic heterocycles. The highest BCUT2D eigenvalue weighted by molar-refractivity contribution is 5.76. The van der Waals surface area contributed by atoms with E-state index in [0.717, 1.165) is 43.7 Å². The second-order valence-electron chi connectivity index (χ2n) is 5.51. The van der Waals surface area contributed by atoms with Crippen molar-refractivity contribution in [1.82, 2.24) is 5.32 Å². The summed E-state index contributed by atoms with van der Waals surface area (Å²) in [6.45, 7) is 3.50. The van der Waals surface area contributed by atoms with E-state index in [9.17, 15) is 4.79 Å². The van der Waals surface area contributed by atoms with Gasteiger partial charge < -0.3 is 21.1 Å². The van der Waals surface area contributed by atoms with E-state index in [-0.39, 0.29) is 5.91 Å². The lowest BCUT2D eigenvalue weighted by molar-refractivity contribution is -0.121. The lowest BCUT2D eigenvalue weighted by Gasteiger charge is -2.11. The Hall–Kier alpha value is -1.91. The number of hydrogen-bond acceptors (Lipinski definition) is 4. The van der Waals surface area contributed by atoms with Crippen molar-refractivity contribution < 1.29 is 9.53 Å². The summed E-state index contributed by atoms with van der Waals surface area (Å²) >= 11 is 0. The molecule has 1 aromatic carbocycles. The average Bonchev–Trinajstić information content (AvgIpc) is 3.25. The van der Waals surface area contributed by atoms with Crippen LogP contribution < -0.4 is 21.1 Å². The van der Waals surface area contributed by atoms with Crippen molar-refractivity contribution in [3.8, 4) is 5.75 Å². The van der Waals surface area contributed by atoms with E-state index >= 15 is 0 Å². The smallest absolute Gasteiger partial charge is 0.220 e. The number of benzene rings is 1. The SMILES string of the molecule is CCCOc1cc(N)cc(NCCCC(=O)NC2CC2)c1. The van der Waals surface area contributed by atoms with Crippen molar-refractivity contribution in [3.05, 3.63) is 18.2 Å². The molecule has 5 heteroatoms. The van der Waals surface area contributed by atoms with Gasteiger partial charge in [0, 0.05) is 42.5 Å². The summed E-state index contributed by atoms with van der Waals surface area (Å²) < 4.78 is 5.59. The molecule has 1 fully saturated rings. The van der Waals surface area contributed by atoms with Crippen LogP contribution in [-0.4, -0.2) is 25.1 Å². The third kappa shape index (κ3) is 5.94. The second-order valence-corrected chi connectivity index (χ2v) is 5.51. The molecule has 0 saturated heterocycles. The van der Waals surface area contributed by atoms with Crippen LogP contribution in [-0.2, 0) is 4.79 Å². The Balaban J connectivity index is 1.71. The predicted molar refractivity (Wildman–Crippen MR) is 85.5 cm³/mol. The Kier molecular flexibility index (Phi) is 5.72. The molecule has 2 rings (SSSR count). The van der Waals surface area contributed by atoms with Gasteiger partial charge in [-0.3, -0.25) is 4.79 Å². The molecule has 0 unspecified atom stereocenters. The van der Waals surface area contributed by atoms with E-state index in [1.54, 1.807) is 0 Å². The number of amides is 1. The Morgan fingerprint density at radius 2 is 2.19 bits per heavy atom. The zero-order valence-corrected chi connectivity index (χ0v) is 12.7. The van der Waals surface area contributed by atoms with Crippen molar-refractivity contribution in [3.63, 3.8) is 0 Å². The molecular formula is C16H25N3O2. The van der Waals surface area contributed by atoms with Gasteiger partial charge in [0.15, 0.2) is 0 Å². The zero-order chi connectivity index (χ0) is 15.1. The number of carbonyl (C=O) groups excluding carboxylic acids is 1. The molecule has 1 aliphatic carbocycles. The molecule has 1 saturated carbocycles. The van der Waals surface area contributed by atoms with E-state index in [2.05, 4.69) is 17.6 Å². The molecule has 0 atom stereocenters. The number of rotatable bonds is 9. The van der Waals surface area contributed by atoms with Gasteiger partial charge in [0.05, 0.1) is 6.61 Å². The first-order chi connectivity index (χ1) is 10.2. The first-order valence-electron chi connectivity index (χ1n) is 7.74. The highest BCUT2D eigenvalue weighted by Gasteiger charge is 2.22. The summed E-state index contributed by atoms with van der Waals surface area (Å²) in [5.74, 6) is 0.935. The maximum absolute atomic E-state index is 11.6. The number of carbonyl (C=O) groups is 1. The summed E-state index contributed by atoms with van der Waals surface area (Å²) in [5, 5.41) is 6.27. The summed E-state index contributed by atoms with van der Waals surface area (Å²) in [4.78, 5) is 11.6. The molecule has 0 spiro atoms. The summed E-state index contributed by atoms with van der Waals surface area (Å²) in [7, 11) is 0. The molecular weight excluding hydrogens is 266 g/mol. The molecule has 1 aliphatic rings. The monoisotopic (exact) mass is 291 g/mol. The number of anilines is 2. The van der Waals surface area contributed by atoms with Gasteiger partial charge >= 0.3 is 0 Å². The zero-order valence-electron chi connectivity index (χ0n) is 12.7. The molecule has 0 bridgehead atoms. The van der Waals surface area contributed by atoms with Crippen LogP contribution in [0.3, 0.4) is 0 Å². The van der Waals surface area contributed by atoms with Crippen LogP contribution in [0.4, 0.5) is 11.4 Å².